The van der Waals surface area contributed by atoms with Crippen molar-refractivity contribution < 1.29 is 14.3 Å². The SMILES string of the molecule is Cl.O=C(CC1CC2CCC(C1)N2)Nc1cccc(OCC(=O)N2CCCC2)c1. The standard InChI is InChI=1S/C21H29N3O3.ClH/c25-20(12-15-10-17-6-7-18(11-15)22-17)23-16-4-3-5-19(13-16)27-14-21(26)24-8-1-2-9-24;/h3-5,13,15,17-18,22H,1-2,6-12,14H2,(H,23,25);1H. The molecule has 154 valence electrons. The number of carbonyl (C=O) groups is 2. The van der Waals surface area contributed by atoms with Crippen molar-refractivity contribution in [1.29, 1.82) is 0 Å². The van der Waals surface area contributed by atoms with Crippen LogP contribution < -0.4 is 15.4 Å². The molecule has 0 aromatic heterocycles. The highest BCUT2D eigenvalue weighted by atomic mass is 35.5. The van der Waals surface area contributed by atoms with Crippen molar-refractivity contribution in [2.45, 2.75) is 57.0 Å². The number of nitrogens with zero attached hydrogens (tertiary/aromatic N) is 1. The van der Waals surface area contributed by atoms with E-state index in [-0.39, 0.29) is 30.8 Å². The van der Waals surface area contributed by atoms with E-state index in [9.17, 15) is 9.59 Å². The number of carbonyl (C=O) groups excluding carboxylic acids is 2. The molecule has 0 spiro atoms. The van der Waals surface area contributed by atoms with Crippen molar-refractivity contribution in [2.75, 3.05) is 25.0 Å². The molecule has 3 fully saturated rings. The van der Waals surface area contributed by atoms with Crippen LogP contribution in [0.5, 0.6) is 5.75 Å². The van der Waals surface area contributed by atoms with Gasteiger partial charge >= 0.3 is 0 Å². The summed E-state index contributed by atoms with van der Waals surface area (Å²) in [5.74, 6) is 1.18. The molecule has 2 atom stereocenters. The minimum atomic E-state index is 0. The summed E-state index contributed by atoms with van der Waals surface area (Å²) in [4.78, 5) is 26.4. The van der Waals surface area contributed by atoms with Gasteiger partial charge in [-0.1, -0.05) is 6.07 Å². The molecule has 1 aromatic rings. The monoisotopic (exact) mass is 407 g/mol. The van der Waals surface area contributed by atoms with Gasteiger partial charge in [-0.2, -0.15) is 0 Å². The number of benzene rings is 1. The highest BCUT2D eigenvalue weighted by Gasteiger charge is 2.34. The third-order valence-corrected chi connectivity index (χ3v) is 5.98. The van der Waals surface area contributed by atoms with Crippen LogP contribution in [0.2, 0.25) is 0 Å². The number of hydrogen-bond donors (Lipinski definition) is 2. The van der Waals surface area contributed by atoms with Gasteiger partial charge in [-0.15, -0.1) is 12.4 Å². The molecule has 2 N–H and O–H groups in total. The number of piperidine rings is 1. The normalized spacial score (nSPS) is 25.9. The van der Waals surface area contributed by atoms with Crippen LogP contribution in [0.4, 0.5) is 5.69 Å². The number of halogens is 1. The maximum atomic E-state index is 12.4. The minimum Gasteiger partial charge on any atom is -0.484 e. The smallest absolute Gasteiger partial charge is 0.260 e. The summed E-state index contributed by atoms with van der Waals surface area (Å²) < 4.78 is 5.64. The first kappa shape index (κ1) is 20.9. The molecule has 3 aliphatic heterocycles. The molecule has 3 heterocycles. The molecule has 3 aliphatic rings. The molecular formula is C21H30ClN3O3. The van der Waals surface area contributed by atoms with Crippen molar-refractivity contribution in [3.8, 4) is 5.75 Å². The van der Waals surface area contributed by atoms with Crippen molar-refractivity contribution in [3.63, 3.8) is 0 Å². The maximum absolute atomic E-state index is 12.4. The number of anilines is 1. The van der Waals surface area contributed by atoms with Gasteiger partial charge in [0.2, 0.25) is 5.91 Å². The Hall–Kier alpha value is -1.79. The van der Waals surface area contributed by atoms with Crippen LogP contribution in [0.3, 0.4) is 0 Å². The van der Waals surface area contributed by atoms with Crippen molar-refractivity contribution >= 4 is 29.9 Å². The van der Waals surface area contributed by atoms with E-state index in [1.54, 1.807) is 6.07 Å². The molecule has 3 saturated heterocycles. The number of amides is 2. The first-order valence-electron chi connectivity index (χ1n) is 10.2. The molecule has 4 rings (SSSR count). The van der Waals surface area contributed by atoms with E-state index in [0.29, 0.717) is 30.2 Å². The number of nitrogens with one attached hydrogen (secondary N) is 2. The molecule has 0 radical (unpaired) electrons. The average molecular weight is 408 g/mol. The first-order chi connectivity index (χ1) is 13.2. The quantitative estimate of drug-likeness (QED) is 0.760. The van der Waals surface area contributed by atoms with Crippen molar-refractivity contribution in [1.82, 2.24) is 10.2 Å². The summed E-state index contributed by atoms with van der Waals surface area (Å²) in [5.41, 5.74) is 0.725. The molecule has 1 aromatic carbocycles. The second-order valence-electron chi connectivity index (χ2n) is 8.13. The van der Waals surface area contributed by atoms with Gasteiger partial charge in [0, 0.05) is 43.3 Å². The number of hydrogen-bond acceptors (Lipinski definition) is 4. The van der Waals surface area contributed by atoms with Crippen LogP contribution in [0.25, 0.3) is 0 Å². The molecule has 7 heteroatoms. The van der Waals surface area contributed by atoms with Gasteiger partial charge in [-0.05, 0) is 56.6 Å². The Morgan fingerprint density at radius 1 is 1.14 bits per heavy atom. The molecule has 2 bridgehead atoms. The Balaban J connectivity index is 0.00000225. The van der Waals surface area contributed by atoms with E-state index in [2.05, 4.69) is 10.6 Å². The zero-order valence-electron chi connectivity index (χ0n) is 16.2. The Kier molecular flexibility index (Phi) is 7.18. The minimum absolute atomic E-state index is 0. The topological polar surface area (TPSA) is 70.7 Å². The van der Waals surface area contributed by atoms with E-state index < -0.39 is 0 Å². The summed E-state index contributed by atoms with van der Waals surface area (Å²) >= 11 is 0. The maximum Gasteiger partial charge on any atom is 0.260 e. The largest absolute Gasteiger partial charge is 0.484 e. The average Bonchev–Trinajstić information content (AvgIpc) is 3.30. The van der Waals surface area contributed by atoms with Crippen LogP contribution in [0.15, 0.2) is 24.3 Å². The third kappa shape index (κ3) is 5.39. The summed E-state index contributed by atoms with van der Waals surface area (Å²) in [7, 11) is 0. The van der Waals surface area contributed by atoms with E-state index >= 15 is 0 Å². The van der Waals surface area contributed by atoms with Crippen LogP contribution in [0.1, 0.15) is 44.9 Å². The zero-order chi connectivity index (χ0) is 18.6. The first-order valence-corrected chi connectivity index (χ1v) is 10.2. The van der Waals surface area contributed by atoms with Crippen LogP contribution >= 0.6 is 12.4 Å². The van der Waals surface area contributed by atoms with E-state index in [1.165, 1.54) is 12.8 Å². The van der Waals surface area contributed by atoms with E-state index in [1.807, 2.05) is 23.1 Å². The molecule has 0 aliphatic carbocycles. The van der Waals surface area contributed by atoms with Crippen molar-refractivity contribution in [3.05, 3.63) is 24.3 Å². The summed E-state index contributed by atoms with van der Waals surface area (Å²) in [6.45, 7) is 1.71. The number of ether oxygens (including phenoxy) is 1. The highest BCUT2D eigenvalue weighted by molar-refractivity contribution is 5.91. The fourth-order valence-corrected chi connectivity index (χ4v) is 4.68. The molecule has 28 heavy (non-hydrogen) atoms. The van der Waals surface area contributed by atoms with Gasteiger partial charge < -0.3 is 20.3 Å². The summed E-state index contributed by atoms with van der Waals surface area (Å²) in [6, 6.07) is 8.52. The fourth-order valence-electron chi connectivity index (χ4n) is 4.68. The van der Waals surface area contributed by atoms with Crippen LogP contribution in [-0.2, 0) is 9.59 Å². The molecule has 2 amide bonds. The van der Waals surface area contributed by atoms with Gasteiger partial charge in [-0.25, -0.2) is 0 Å². The fraction of sp³-hybridized carbons (Fsp3) is 0.619. The molecular weight excluding hydrogens is 378 g/mol. The highest BCUT2D eigenvalue weighted by Crippen LogP contribution is 2.32. The van der Waals surface area contributed by atoms with Gasteiger partial charge in [-0.3, -0.25) is 9.59 Å². The second kappa shape index (κ2) is 9.61. The third-order valence-electron chi connectivity index (χ3n) is 5.98. The lowest BCUT2D eigenvalue weighted by Crippen LogP contribution is -2.39. The van der Waals surface area contributed by atoms with Gasteiger partial charge in [0.1, 0.15) is 5.75 Å². The van der Waals surface area contributed by atoms with Gasteiger partial charge in [0.05, 0.1) is 0 Å². The van der Waals surface area contributed by atoms with E-state index in [4.69, 9.17) is 4.74 Å². The Morgan fingerprint density at radius 3 is 2.57 bits per heavy atom. The predicted octanol–water partition coefficient (Wildman–Crippen LogP) is 2.97. The lowest BCUT2D eigenvalue weighted by molar-refractivity contribution is -0.132. The number of fused-ring (bicyclic) bond motifs is 2. The summed E-state index contributed by atoms with van der Waals surface area (Å²) in [5, 5.41) is 6.60. The second-order valence-corrected chi connectivity index (χ2v) is 8.13. The Morgan fingerprint density at radius 2 is 1.86 bits per heavy atom. The Bertz CT molecular complexity index is 681. The van der Waals surface area contributed by atoms with Crippen LogP contribution in [-0.4, -0.2) is 48.5 Å². The Labute approximate surface area is 172 Å². The lowest BCUT2D eigenvalue weighted by Gasteiger charge is -2.28. The molecule has 2 unspecified atom stereocenters. The van der Waals surface area contributed by atoms with E-state index in [0.717, 1.165) is 44.5 Å². The summed E-state index contributed by atoms with van der Waals surface area (Å²) in [6.07, 6.45) is 7.43. The lowest BCUT2D eigenvalue weighted by atomic mass is 9.89. The number of rotatable bonds is 6. The van der Waals surface area contributed by atoms with Gasteiger partial charge in [0.25, 0.3) is 5.91 Å². The molecule has 0 saturated carbocycles. The molecule has 6 nitrogen and oxygen atoms in total. The predicted molar refractivity (Wildman–Crippen MR) is 111 cm³/mol. The zero-order valence-corrected chi connectivity index (χ0v) is 17.0. The van der Waals surface area contributed by atoms with Crippen LogP contribution in [0, 0.1) is 5.92 Å². The number of likely N-dealkylation sites (tertiary alicyclic amines) is 1. The van der Waals surface area contributed by atoms with Gasteiger partial charge in [0.15, 0.2) is 6.61 Å². The van der Waals surface area contributed by atoms with Crippen molar-refractivity contribution in [2.24, 2.45) is 5.92 Å².